The smallest absolute Gasteiger partial charge is 0.191 e. The average molecular weight is 502 g/mol. The number of fused-ring (bicyclic) bond motifs is 1. The Labute approximate surface area is 183 Å². The van der Waals surface area contributed by atoms with Gasteiger partial charge in [0.25, 0.3) is 0 Å². The van der Waals surface area contributed by atoms with Crippen molar-refractivity contribution in [1.82, 2.24) is 15.5 Å². The number of morpholine rings is 1. The predicted molar refractivity (Wildman–Crippen MR) is 122 cm³/mol. The van der Waals surface area contributed by atoms with Gasteiger partial charge in [-0.1, -0.05) is 18.2 Å². The molecule has 8 heteroatoms. The molecule has 0 aliphatic carbocycles. The van der Waals surface area contributed by atoms with Gasteiger partial charge in [0.1, 0.15) is 17.9 Å². The number of nitrogens with zero attached hydrogens (tertiary/aromatic N) is 2. The first kappa shape index (κ1) is 22.9. The van der Waals surface area contributed by atoms with E-state index in [4.69, 9.17) is 9.15 Å². The first-order valence-electron chi connectivity index (χ1n) is 9.58. The van der Waals surface area contributed by atoms with Crippen LogP contribution in [0.4, 0.5) is 0 Å². The highest BCUT2D eigenvalue weighted by Crippen LogP contribution is 2.19. The quantitative estimate of drug-likeness (QED) is 0.306. The number of nitrogens with one attached hydrogen (secondary N) is 2. The number of hydrogen-bond acceptors (Lipinski definition) is 5. The van der Waals surface area contributed by atoms with Crippen LogP contribution in [0.1, 0.15) is 19.6 Å². The Kier molecular flexibility index (Phi) is 9.00. The molecular formula is C20H31IN4O3. The molecule has 0 amide bonds. The number of aliphatic imine (C=N–C) groups is 1. The zero-order valence-electron chi connectivity index (χ0n) is 16.6. The van der Waals surface area contributed by atoms with Crippen molar-refractivity contribution in [2.24, 2.45) is 4.99 Å². The Morgan fingerprint density at radius 1 is 1.25 bits per heavy atom. The van der Waals surface area contributed by atoms with Crippen LogP contribution in [0, 0.1) is 0 Å². The van der Waals surface area contributed by atoms with Crippen molar-refractivity contribution in [1.29, 1.82) is 0 Å². The maximum Gasteiger partial charge on any atom is 0.191 e. The molecule has 0 bridgehead atoms. The van der Waals surface area contributed by atoms with Crippen LogP contribution >= 0.6 is 24.0 Å². The summed E-state index contributed by atoms with van der Waals surface area (Å²) < 4.78 is 11.2. The second-order valence-corrected chi connectivity index (χ2v) is 7.18. The van der Waals surface area contributed by atoms with Gasteiger partial charge in [0.05, 0.1) is 18.8 Å². The molecule has 1 unspecified atom stereocenters. The van der Waals surface area contributed by atoms with Crippen LogP contribution in [0.25, 0.3) is 11.0 Å². The minimum Gasteiger partial charge on any atom is -0.459 e. The van der Waals surface area contributed by atoms with Crippen molar-refractivity contribution in [2.45, 2.75) is 26.0 Å². The van der Waals surface area contributed by atoms with Gasteiger partial charge in [0, 0.05) is 38.1 Å². The molecule has 156 valence electrons. The molecule has 0 saturated carbocycles. The van der Waals surface area contributed by atoms with Gasteiger partial charge >= 0.3 is 0 Å². The molecule has 2 aromatic rings. The number of hydrogen-bond donors (Lipinski definition) is 3. The Hall–Kier alpha value is -1.36. The van der Waals surface area contributed by atoms with Crippen molar-refractivity contribution in [2.75, 3.05) is 45.9 Å². The van der Waals surface area contributed by atoms with E-state index in [-0.39, 0.29) is 24.0 Å². The van der Waals surface area contributed by atoms with E-state index in [1.807, 2.05) is 44.2 Å². The summed E-state index contributed by atoms with van der Waals surface area (Å²) in [5, 5.41) is 18.3. The van der Waals surface area contributed by atoms with Crippen LogP contribution in [0.3, 0.4) is 0 Å². The van der Waals surface area contributed by atoms with Crippen molar-refractivity contribution >= 4 is 40.9 Å². The summed E-state index contributed by atoms with van der Waals surface area (Å²) in [7, 11) is 0. The van der Waals surface area contributed by atoms with Gasteiger partial charge in [-0.15, -0.1) is 24.0 Å². The van der Waals surface area contributed by atoms with Crippen molar-refractivity contribution < 1.29 is 14.3 Å². The molecule has 0 radical (unpaired) electrons. The maximum atomic E-state index is 10.7. The third-order valence-electron chi connectivity index (χ3n) is 4.52. The molecule has 1 atom stereocenters. The largest absolute Gasteiger partial charge is 0.459 e. The number of ether oxygens (including phenoxy) is 1. The highest BCUT2D eigenvalue weighted by molar-refractivity contribution is 14.0. The van der Waals surface area contributed by atoms with Crippen LogP contribution in [-0.4, -0.2) is 67.5 Å². The predicted octanol–water partition coefficient (Wildman–Crippen LogP) is 2.19. The molecule has 1 aliphatic heterocycles. The number of guanidine groups is 1. The van der Waals surface area contributed by atoms with Gasteiger partial charge in [-0.25, -0.2) is 4.99 Å². The van der Waals surface area contributed by atoms with E-state index in [2.05, 4.69) is 20.5 Å². The Bertz CT molecular complexity index is 724. The molecule has 1 fully saturated rings. The van der Waals surface area contributed by atoms with E-state index < -0.39 is 5.60 Å². The highest BCUT2D eigenvalue weighted by Gasteiger charge is 2.25. The molecule has 7 nitrogen and oxygen atoms in total. The normalized spacial score (nSPS) is 17.8. The van der Waals surface area contributed by atoms with Gasteiger partial charge in [0.15, 0.2) is 5.96 Å². The first-order chi connectivity index (χ1) is 13.1. The lowest BCUT2D eigenvalue weighted by Gasteiger charge is -2.34. The van der Waals surface area contributed by atoms with E-state index in [1.54, 1.807) is 0 Å². The van der Waals surface area contributed by atoms with Crippen molar-refractivity contribution in [3.8, 4) is 0 Å². The fraction of sp³-hybridized carbons (Fsp3) is 0.550. The van der Waals surface area contributed by atoms with Gasteiger partial charge in [-0.2, -0.15) is 0 Å². The molecule has 1 aliphatic rings. The topological polar surface area (TPSA) is 82.3 Å². The maximum absolute atomic E-state index is 10.7. The summed E-state index contributed by atoms with van der Waals surface area (Å²) in [6, 6.07) is 9.94. The van der Waals surface area contributed by atoms with Crippen LogP contribution in [-0.2, 0) is 11.3 Å². The van der Waals surface area contributed by atoms with Gasteiger partial charge in [-0.3, -0.25) is 4.90 Å². The second-order valence-electron chi connectivity index (χ2n) is 7.18. The van der Waals surface area contributed by atoms with Crippen LogP contribution < -0.4 is 10.6 Å². The summed E-state index contributed by atoms with van der Waals surface area (Å²) in [4.78, 5) is 6.81. The molecule has 2 heterocycles. The number of furan rings is 1. The Balaban J connectivity index is 0.00000280. The van der Waals surface area contributed by atoms with Crippen molar-refractivity contribution in [3.05, 3.63) is 36.1 Å². The molecule has 1 saturated heterocycles. The first-order valence-corrected chi connectivity index (χ1v) is 9.58. The third kappa shape index (κ3) is 6.91. The molecule has 28 heavy (non-hydrogen) atoms. The lowest BCUT2D eigenvalue weighted by molar-refractivity contribution is -0.0201. The molecule has 1 aromatic heterocycles. The SMILES string of the molecule is CCNC(=NCc1cc2ccccc2o1)NCC(C)(O)CN1CCOCC1.I. The van der Waals surface area contributed by atoms with E-state index in [0.29, 0.717) is 25.6 Å². The third-order valence-corrected chi connectivity index (χ3v) is 4.52. The molecule has 1 aromatic carbocycles. The number of benzene rings is 1. The van der Waals surface area contributed by atoms with Crippen LogP contribution in [0.2, 0.25) is 0 Å². The molecular weight excluding hydrogens is 471 g/mol. The van der Waals surface area contributed by atoms with Crippen LogP contribution in [0.5, 0.6) is 0 Å². The summed E-state index contributed by atoms with van der Waals surface area (Å²) >= 11 is 0. The Morgan fingerprint density at radius 2 is 2.00 bits per heavy atom. The average Bonchev–Trinajstić information content (AvgIpc) is 3.07. The summed E-state index contributed by atoms with van der Waals surface area (Å²) in [5.41, 5.74) is 0.0153. The number of aliphatic hydroxyl groups is 1. The number of para-hydroxylation sites is 1. The lowest BCUT2D eigenvalue weighted by atomic mass is 10.1. The second kappa shape index (κ2) is 11.0. The Morgan fingerprint density at radius 3 is 2.71 bits per heavy atom. The molecule has 3 rings (SSSR count). The summed E-state index contributed by atoms with van der Waals surface area (Å²) in [5.74, 6) is 1.48. The monoisotopic (exact) mass is 502 g/mol. The van der Waals surface area contributed by atoms with Gasteiger partial charge in [0.2, 0.25) is 0 Å². The fourth-order valence-corrected chi connectivity index (χ4v) is 3.18. The number of halogens is 1. The summed E-state index contributed by atoms with van der Waals surface area (Å²) in [6.45, 7) is 9.24. The van der Waals surface area contributed by atoms with Crippen LogP contribution in [0.15, 0.2) is 39.7 Å². The minimum absolute atomic E-state index is 0. The van der Waals surface area contributed by atoms with Gasteiger partial charge in [-0.05, 0) is 26.0 Å². The zero-order chi connectivity index (χ0) is 19.1. The standard InChI is InChI=1S/C20H30N4O3.HI/c1-3-21-19(22-13-17-12-16-6-4-5-7-18(16)27-17)23-14-20(2,25)15-24-8-10-26-11-9-24;/h4-7,12,25H,3,8-11,13-15H2,1-2H3,(H2,21,22,23);1H. The zero-order valence-corrected chi connectivity index (χ0v) is 18.9. The molecule has 3 N–H and O–H groups in total. The minimum atomic E-state index is -0.854. The highest BCUT2D eigenvalue weighted by atomic mass is 127. The van der Waals surface area contributed by atoms with E-state index in [0.717, 1.165) is 49.6 Å². The van der Waals surface area contributed by atoms with E-state index >= 15 is 0 Å². The number of rotatable bonds is 7. The lowest BCUT2D eigenvalue weighted by Crippen LogP contribution is -2.52. The van der Waals surface area contributed by atoms with E-state index in [1.165, 1.54) is 0 Å². The van der Waals surface area contributed by atoms with E-state index in [9.17, 15) is 5.11 Å². The van der Waals surface area contributed by atoms with Gasteiger partial charge < -0.3 is 24.9 Å². The number of β-amino-alcohol motifs (C(OH)–C–C–N with tert-alkyl or cyclic N) is 1. The van der Waals surface area contributed by atoms with Crippen molar-refractivity contribution in [3.63, 3.8) is 0 Å². The fourth-order valence-electron chi connectivity index (χ4n) is 3.18. The summed E-state index contributed by atoms with van der Waals surface area (Å²) in [6.07, 6.45) is 0. The molecule has 0 spiro atoms.